The van der Waals surface area contributed by atoms with E-state index in [0.717, 1.165) is 56.8 Å². The summed E-state index contributed by atoms with van der Waals surface area (Å²) in [6.45, 7) is 13.2. The second-order valence-electron chi connectivity index (χ2n) is 12.8. The number of hydrogen-bond donors (Lipinski definition) is 4. The summed E-state index contributed by atoms with van der Waals surface area (Å²) in [5.41, 5.74) is 0.103. The van der Waals surface area contributed by atoms with Crippen LogP contribution in [0.25, 0.3) is 0 Å². The van der Waals surface area contributed by atoms with Crippen molar-refractivity contribution in [3.05, 3.63) is 23.7 Å². The minimum atomic E-state index is -4.67. The van der Waals surface area contributed by atoms with Crippen LogP contribution in [0.3, 0.4) is 0 Å². The highest BCUT2D eigenvalue weighted by atomic mass is 19.4. The fourth-order valence-corrected chi connectivity index (χ4v) is 6.17. The van der Waals surface area contributed by atoms with E-state index < -0.39 is 23.5 Å². The Balaban J connectivity index is 1.29. The van der Waals surface area contributed by atoms with E-state index in [1.807, 2.05) is 13.8 Å². The normalized spacial score (nSPS) is 25.3. The molecule has 2 aromatic heterocycles. The van der Waals surface area contributed by atoms with Gasteiger partial charge in [-0.1, -0.05) is 0 Å². The molecule has 1 amide bonds. The SMILES string of the molecule is CC(C)(C)NCCNC1CCC(c2nnc(C(F)(F)F)o2)NC1C1CCN(c2ncnc3c2C(C)(C)C(=O)N3)CC1. The number of piperidine rings is 2. The highest BCUT2D eigenvalue weighted by molar-refractivity contribution is 6.06. The van der Waals surface area contributed by atoms with E-state index in [4.69, 9.17) is 4.42 Å². The van der Waals surface area contributed by atoms with E-state index in [-0.39, 0.29) is 35.3 Å². The van der Waals surface area contributed by atoms with Crippen LogP contribution >= 0.6 is 0 Å². The molecule has 0 spiro atoms. The van der Waals surface area contributed by atoms with Gasteiger partial charge in [0.05, 0.1) is 17.0 Å². The van der Waals surface area contributed by atoms with Crippen molar-refractivity contribution < 1.29 is 22.4 Å². The molecular formula is C27H40F3N9O2. The van der Waals surface area contributed by atoms with E-state index in [1.54, 1.807) is 0 Å². The lowest BCUT2D eigenvalue weighted by Gasteiger charge is -2.44. The van der Waals surface area contributed by atoms with Gasteiger partial charge in [0.25, 0.3) is 0 Å². The molecule has 41 heavy (non-hydrogen) atoms. The van der Waals surface area contributed by atoms with Crippen LogP contribution in [0.2, 0.25) is 0 Å². The van der Waals surface area contributed by atoms with Gasteiger partial charge in [0.1, 0.15) is 18.0 Å². The first-order chi connectivity index (χ1) is 19.2. The first-order valence-electron chi connectivity index (χ1n) is 14.3. The smallest absolute Gasteiger partial charge is 0.416 e. The third-order valence-electron chi connectivity index (χ3n) is 8.36. The number of aromatic nitrogens is 4. The maximum absolute atomic E-state index is 13.1. The third-order valence-corrected chi connectivity index (χ3v) is 8.36. The Morgan fingerprint density at radius 2 is 1.80 bits per heavy atom. The lowest BCUT2D eigenvalue weighted by Crippen LogP contribution is -2.58. The average Bonchev–Trinajstić information content (AvgIpc) is 3.50. The summed E-state index contributed by atoms with van der Waals surface area (Å²) in [7, 11) is 0. The van der Waals surface area contributed by atoms with E-state index in [9.17, 15) is 18.0 Å². The molecule has 3 aliphatic heterocycles. The highest BCUT2D eigenvalue weighted by Gasteiger charge is 2.45. The number of nitrogens with zero attached hydrogens (tertiary/aromatic N) is 5. The number of fused-ring (bicyclic) bond motifs is 1. The Morgan fingerprint density at radius 3 is 2.46 bits per heavy atom. The summed E-state index contributed by atoms with van der Waals surface area (Å²) in [5, 5.41) is 20.6. The highest BCUT2D eigenvalue weighted by Crippen LogP contribution is 2.42. The number of carbonyl (C=O) groups is 1. The number of carbonyl (C=O) groups excluding carboxylic acids is 1. The molecule has 226 valence electrons. The number of hydrogen-bond acceptors (Lipinski definition) is 10. The predicted octanol–water partition coefficient (Wildman–Crippen LogP) is 3.16. The van der Waals surface area contributed by atoms with Crippen molar-refractivity contribution in [2.45, 2.75) is 95.6 Å². The number of anilines is 2. The minimum absolute atomic E-state index is 0.00238. The van der Waals surface area contributed by atoms with Crippen LogP contribution in [0, 0.1) is 5.92 Å². The monoisotopic (exact) mass is 579 g/mol. The summed E-state index contributed by atoms with van der Waals surface area (Å²) >= 11 is 0. The van der Waals surface area contributed by atoms with Gasteiger partial charge in [-0.3, -0.25) is 4.79 Å². The van der Waals surface area contributed by atoms with Crippen LogP contribution in [0.15, 0.2) is 10.7 Å². The number of rotatable bonds is 7. The minimum Gasteiger partial charge on any atom is -0.416 e. The number of alkyl halides is 3. The Morgan fingerprint density at radius 1 is 1.07 bits per heavy atom. The van der Waals surface area contributed by atoms with Crippen molar-refractivity contribution in [1.29, 1.82) is 0 Å². The molecule has 3 atom stereocenters. The van der Waals surface area contributed by atoms with E-state index in [2.05, 4.69) is 67.1 Å². The van der Waals surface area contributed by atoms with Crippen LogP contribution < -0.4 is 26.2 Å². The molecule has 0 saturated carbocycles. The molecule has 14 heteroatoms. The maximum Gasteiger partial charge on any atom is 0.470 e. The quantitative estimate of drug-likeness (QED) is 0.363. The van der Waals surface area contributed by atoms with Gasteiger partial charge in [-0.05, 0) is 66.2 Å². The molecular weight excluding hydrogens is 539 g/mol. The Labute approximate surface area is 237 Å². The molecule has 2 fully saturated rings. The van der Waals surface area contributed by atoms with Gasteiger partial charge in [-0.25, -0.2) is 9.97 Å². The predicted molar refractivity (Wildman–Crippen MR) is 146 cm³/mol. The summed E-state index contributed by atoms with van der Waals surface area (Å²) in [6.07, 6.45) is -0.139. The second kappa shape index (κ2) is 11.1. The number of halogens is 3. The van der Waals surface area contributed by atoms with Crippen molar-refractivity contribution in [3.8, 4) is 0 Å². The zero-order valence-electron chi connectivity index (χ0n) is 24.2. The lowest BCUT2D eigenvalue weighted by molar-refractivity contribution is -0.157. The van der Waals surface area contributed by atoms with Crippen molar-refractivity contribution in [1.82, 2.24) is 36.1 Å². The Hall–Kier alpha value is -2.84. The van der Waals surface area contributed by atoms with Crippen LogP contribution in [-0.2, 0) is 16.4 Å². The zero-order valence-corrected chi connectivity index (χ0v) is 24.2. The van der Waals surface area contributed by atoms with Crippen LogP contribution in [0.1, 0.15) is 83.7 Å². The summed E-state index contributed by atoms with van der Waals surface area (Å²) in [4.78, 5) is 23.6. The molecule has 0 aliphatic carbocycles. The molecule has 11 nitrogen and oxygen atoms in total. The summed E-state index contributed by atoms with van der Waals surface area (Å²) < 4.78 is 44.4. The number of amides is 1. The average molecular weight is 580 g/mol. The Bertz CT molecular complexity index is 1240. The molecule has 2 aromatic rings. The van der Waals surface area contributed by atoms with Crippen molar-refractivity contribution in [2.75, 3.05) is 36.4 Å². The lowest BCUT2D eigenvalue weighted by atomic mass is 9.80. The van der Waals surface area contributed by atoms with Gasteiger partial charge in [-0.15, -0.1) is 10.2 Å². The van der Waals surface area contributed by atoms with Crippen molar-refractivity contribution in [2.24, 2.45) is 5.92 Å². The van der Waals surface area contributed by atoms with Crippen LogP contribution in [0.4, 0.5) is 24.8 Å². The van der Waals surface area contributed by atoms with Gasteiger partial charge in [0, 0.05) is 43.8 Å². The second-order valence-corrected chi connectivity index (χ2v) is 12.8. The fourth-order valence-electron chi connectivity index (χ4n) is 6.17. The van der Waals surface area contributed by atoms with Crippen LogP contribution in [-0.4, -0.2) is 69.9 Å². The summed E-state index contributed by atoms with van der Waals surface area (Å²) in [6, 6.07) is -0.309. The molecule has 3 aliphatic rings. The molecule has 5 rings (SSSR count). The molecule has 3 unspecified atom stereocenters. The fraction of sp³-hybridized carbons (Fsp3) is 0.741. The van der Waals surface area contributed by atoms with Crippen molar-refractivity contribution in [3.63, 3.8) is 0 Å². The topological polar surface area (TPSA) is 133 Å². The molecule has 0 bridgehead atoms. The summed E-state index contributed by atoms with van der Waals surface area (Å²) in [5.74, 6) is 0.167. The van der Waals surface area contributed by atoms with Crippen molar-refractivity contribution >= 4 is 17.5 Å². The standard InChI is InChI=1S/C27H40F3N9O2/c1-25(2,3)34-11-10-31-16-6-7-17(22-37-38-24(41-22)27(28,29)30)35-19(16)15-8-12-39(13-9-15)21-18-20(32-14-33-21)36-23(40)26(18,4)5/h14-17,19,31,34-35H,6-13H2,1-5H3,(H,32,33,36,40). The zero-order chi connectivity index (χ0) is 29.6. The molecule has 0 radical (unpaired) electrons. The van der Waals surface area contributed by atoms with E-state index in [1.165, 1.54) is 6.33 Å². The third kappa shape index (κ3) is 6.33. The largest absolute Gasteiger partial charge is 0.470 e. The van der Waals surface area contributed by atoms with Crippen LogP contribution in [0.5, 0.6) is 0 Å². The maximum atomic E-state index is 13.1. The first-order valence-corrected chi connectivity index (χ1v) is 14.3. The van der Waals surface area contributed by atoms with Gasteiger partial charge >= 0.3 is 12.1 Å². The molecule has 4 N–H and O–H groups in total. The van der Waals surface area contributed by atoms with E-state index in [0.29, 0.717) is 12.2 Å². The van der Waals surface area contributed by atoms with E-state index >= 15 is 0 Å². The number of nitrogens with one attached hydrogen (secondary N) is 4. The Kier molecular flexibility index (Phi) is 8.03. The van der Waals surface area contributed by atoms with Gasteiger partial charge in [-0.2, -0.15) is 13.2 Å². The van der Waals surface area contributed by atoms with Gasteiger partial charge in [0.2, 0.25) is 11.8 Å². The molecule has 0 aromatic carbocycles. The molecule has 2 saturated heterocycles. The van der Waals surface area contributed by atoms with Gasteiger partial charge < -0.3 is 30.6 Å². The molecule has 5 heterocycles. The van der Waals surface area contributed by atoms with Gasteiger partial charge in [0.15, 0.2) is 0 Å². The first kappa shape index (κ1) is 29.6.